The van der Waals surface area contributed by atoms with E-state index in [4.69, 9.17) is 0 Å². The number of hydrogen-bond donors (Lipinski definition) is 2. The van der Waals surface area contributed by atoms with E-state index in [2.05, 4.69) is 10.6 Å². The Labute approximate surface area is 84.5 Å². The number of carbonyl (C=O) groups is 1. The van der Waals surface area contributed by atoms with Crippen molar-refractivity contribution in [1.82, 2.24) is 15.5 Å². The van der Waals surface area contributed by atoms with Crippen molar-refractivity contribution >= 4 is 18.3 Å². The fraction of sp³-hybridized carbons (Fsp3) is 0.875. The quantitative estimate of drug-likeness (QED) is 0.621. The molecule has 76 valence electrons. The van der Waals surface area contributed by atoms with Gasteiger partial charge in [-0.15, -0.1) is 12.4 Å². The summed E-state index contributed by atoms with van der Waals surface area (Å²) >= 11 is 0. The van der Waals surface area contributed by atoms with Crippen LogP contribution < -0.4 is 10.6 Å². The highest BCUT2D eigenvalue weighted by molar-refractivity contribution is 5.85. The van der Waals surface area contributed by atoms with Crippen LogP contribution in [0.25, 0.3) is 0 Å². The Hall–Kier alpha value is -0.320. The Balaban J connectivity index is 0.000000845. The topological polar surface area (TPSA) is 44.4 Å². The van der Waals surface area contributed by atoms with E-state index in [-0.39, 0.29) is 24.4 Å². The van der Waals surface area contributed by atoms with Crippen LogP contribution in [0.5, 0.6) is 0 Å². The van der Waals surface area contributed by atoms with E-state index < -0.39 is 0 Å². The summed E-state index contributed by atoms with van der Waals surface area (Å²) in [6.45, 7) is 2.90. The highest BCUT2D eigenvalue weighted by Gasteiger charge is 2.32. The van der Waals surface area contributed by atoms with Crippen molar-refractivity contribution in [2.45, 2.75) is 18.5 Å². The average Bonchev–Trinajstić information content (AvgIpc) is 1.79. The lowest BCUT2D eigenvalue weighted by Gasteiger charge is -2.39. The summed E-state index contributed by atoms with van der Waals surface area (Å²) in [5, 5.41) is 6.28. The molecule has 0 aromatic heterocycles. The predicted octanol–water partition coefficient (Wildman–Crippen LogP) is -0.800. The third-order valence-electron chi connectivity index (χ3n) is 2.78. The molecule has 5 heteroatoms. The number of rotatable bonds is 2. The third-order valence-corrected chi connectivity index (χ3v) is 2.78. The monoisotopic (exact) mass is 205 g/mol. The van der Waals surface area contributed by atoms with Crippen LogP contribution in [0.2, 0.25) is 0 Å². The van der Waals surface area contributed by atoms with Crippen molar-refractivity contribution in [3.63, 3.8) is 0 Å². The van der Waals surface area contributed by atoms with Gasteiger partial charge in [-0.25, -0.2) is 0 Å². The highest BCUT2D eigenvalue weighted by atomic mass is 35.5. The maximum Gasteiger partial charge on any atom is 0.239 e. The number of likely N-dealkylation sites (N-methyl/N-ethyl adjacent to an activating group) is 1. The average molecular weight is 206 g/mol. The number of amides is 1. The second-order valence-electron chi connectivity index (χ2n) is 3.56. The van der Waals surface area contributed by atoms with Gasteiger partial charge in [0.15, 0.2) is 0 Å². The van der Waals surface area contributed by atoms with E-state index >= 15 is 0 Å². The normalized spacial score (nSPS) is 26.7. The molecule has 0 unspecified atom stereocenters. The molecule has 13 heavy (non-hydrogen) atoms. The van der Waals surface area contributed by atoms with Gasteiger partial charge in [0, 0.05) is 20.1 Å². The van der Waals surface area contributed by atoms with Gasteiger partial charge in [-0.2, -0.15) is 0 Å². The van der Waals surface area contributed by atoms with E-state index in [0.717, 1.165) is 26.1 Å². The summed E-state index contributed by atoms with van der Waals surface area (Å²) < 4.78 is 0. The predicted molar refractivity (Wildman–Crippen MR) is 53.1 cm³/mol. The molecule has 2 aliphatic heterocycles. The largest absolute Gasteiger partial charge is 0.339 e. The van der Waals surface area contributed by atoms with Crippen molar-refractivity contribution in [3.8, 4) is 0 Å². The first-order valence-electron chi connectivity index (χ1n) is 4.50. The van der Waals surface area contributed by atoms with Crippen LogP contribution in [0, 0.1) is 0 Å². The molecule has 1 amide bonds. The van der Waals surface area contributed by atoms with Gasteiger partial charge in [-0.1, -0.05) is 0 Å². The van der Waals surface area contributed by atoms with Gasteiger partial charge in [0.2, 0.25) is 5.91 Å². The minimum atomic E-state index is 0. The Morgan fingerprint density at radius 2 is 2.08 bits per heavy atom. The number of hydrogen-bond acceptors (Lipinski definition) is 3. The van der Waals surface area contributed by atoms with Crippen LogP contribution in [0.15, 0.2) is 0 Å². The molecule has 2 heterocycles. The lowest BCUT2D eigenvalue weighted by atomic mass is 10.0. The summed E-state index contributed by atoms with van der Waals surface area (Å²) in [5.74, 6) is 0.257. The summed E-state index contributed by atoms with van der Waals surface area (Å²) in [5.41, 5.74) is 0. The van der Waals surface area contributed by atoms with Crippen LogP contribution in [-0.2, 0) is 4.79 Å². The zero-order valence-electron chi connectivity index (χ0n) is 7.75. The molecular weight excluding hydrogens is 190 g/mol. The third kappa shape index (κ3) is 1.95. The summed E-state index contributed by atoms with van der Waals surface area (Å²) in [7, 11) is 1.90. The molecule has 2 N–H and O–H groups in total. The smallest absolute Gasteiger partial charge is 0.239 e. The van der Waals surface area contributed by atoms with Crippen LogP contribution >= 0.6 is 12.4 Å². The minimum absolute atomic E-state index is 0. The number of halogens is 1. The first kappa shape index (κ1) is 10.8. The van der Waals surface area contributed by atoms with E-state index in [1.807, 2.05) is 11.9 Å². The summed E-state index contributed by atoms with van der Waals surface area (Å²) in [6.07, 6.45) is 1.00. The lowest BCUT2D eigenvalue weighted by molar-refractivity contribution is -0.136. The Morgan fingerprint density at radius 1 is 1.46 bits per heavy atom. The van der Waals surface area contributed by atoms with E-state index in [0.29, 0.717) is 6.04 Å². The fourth-order valence-corrected chi connectivity index (χ4v) is 1.47. The van der Waals surface area contributed by atoms with E-state index in [1.54, 1.807) is 0 Å². The van der Waals surface area contributed by atoms with Crippen LogP contribution in [0.1, 0.15) is 6.42 Å². The maximum absolute atomic E-state index is 11.6. The lowest BCUT2D eigenvalue weighted by Crippen LogP contribution is -2.62. The molecule has 4 nitrogen and oxygen atoms in total. The minimum Gasteiger partial charge on any atom is -0.339 e. The second-order valence-corrected chi connectivity index (χ2v) is 3.56. The molecule has 2 saturated heterocycles. The first-order chi connectivity index (χ1) is 5.79. The summed E-state index contributed by atoms with van der Waals surface area (Å²) in [6, 6.07) is 0.537. The van der Waals surface area contributed by atoms with Gasteiger partial charge >= 0.3 is 0 Å². The molecule has 0 radical (unpaired) electrons. The Bertz CT molecular complexity index is 192. The van der Waals surface area contributed by atoms with Crippen molar-refractivity contribution in [3.05, 3.63) is 0 Å². The van der Waals surface area contributed by atoms with Crippen molar-refractivity contribution in [2.24, 2.45) is 0 Å². The van der Waals surface area contributed by atoms with Crippen LogP contribution in [0.4, 0.5) is 0 Å². The van der Waals surface area contributed by atoms with Crippen LogP contribution in [-0.4, -0.2) is 49.6 Å². The summed E-state index contributed by atoms with van der Waals surface area (Å²) in [4.78, 5) is 13.5. The Morgan fingerprint density at radius 3 is 2.38 bits per heavy atom. The molecule has 2 rings (SSSR count). The van der Waals surface area contributed by atoms with Crippen molar-refractivity contribution in [1.29, 1.82) is 0 Å². The molecule has 0 aromatic rings. The Kier molecular flexibility index (Phi) is 3.53. The first-order valence-corrected chi connectivity index (χ1v) is 4.50. The number of nitrogens with one attached hydrogen (secondary N) is 2. The SMILES string of the molecule is CN(C(=O)[C@H]1CCN1)C1CNC1.Cl. The maximum atomic E-state index is 11.6. The molecular formula is C8H16ClN3O. The van der Waals surface area contributed by atoms with Gasteiger partial charge in [0.1, 0.15) is 0 Å². The van der Waals surface area contributed by atoms with Gasteiger partial charge in [-0.05, 0) is 13.0 Å². The molecule has 1 atom stereocenters. The molecule has 0 bridgehead atoms. The molecule has 2 fully saturated rings. The van der Waals surface area contributed by atoms with Gasteiger partial charge in [-0.3, -0.25) is 4.79 Å². The van der Waals surface area contributed by atoms with Gasteiger partial charge < -0.3 is 15.5 Å². The number of nitrogens with zero attached hydrogens (tertiary/aromatic N) is 1. The molecule has 0 aliphatic carbocycles. The zero-order chi connectivity index (χ0) is 8.55. The fourth-order valence-electron chi connectivity index (χ4n) is 1.47. The molecule has 2 aliphatic rings. The highest BCUT2D eigenvalue weighted by Crippen LogP contribution is 2.09. The zero-order valence-corrected chi connectivity index (χ0v) is 8.56. The van der Waals surface area contributed by atoms with Crippen molar-refractivity contribution < 1.29 is 4.79 Å². The van der Waals surface area contributed by atoms with Crippen molar-refractivity contribution in [2.75, 3.05) is 26.7 Å². The van der Waals surface area contributed by atoms with Gasteiger partial charge in [0.25, 0.3) is 0 Å². The second kappa shape index (κ2) is 4.26. The van der Waals surface area contributed by atoms with Gasteiger partial charge in [0.05, 0.1) is 12.1 Å². The van der Waals surface area contributed by atoms with E-state index in [1.165, 1.54) is 0 Å². The van der Waals surface area contributed by atoms with Crippen LogP contribution in [0.3, 0.4) is 0 Å². The molecule has 0 aromatic carbocycles. The standard InChI is InChI=1S/C8H15N3O.ClH/c1-11(6-4-9-5-6)8(12)7-2-3-10-7;/h6-7,9-10H,2-5H2,1H3;1H/t7-;/m1./s1. The number of carbonyl (C=O) groups excluding carboxylic acids is 1. The van der Waals surface area contributed by atoms with E-state index in [9.17, 15) is 4.79 Å². The molecule has 0 spiro atoms. The molecule has 0 saturated carbocycles.